The van der Waals surface area contributed by atoms with Crippen LogP contribution in [0.3, 0.4) is 0 Å². The number of fused-ring (bicyclic) bond motifs is 1. The van der Waals surface area contributed by atoms with Gasteiger partial charge in [-0.15, -0.1) is 21.5 Å². The molecule has 9 rings (SSSR count). The molecule has 3 amide bonds. The summed E-state index contributed by atoms with van der Waals surface area (Å²) in [5.74, 6) is -3.15. The summed E-state index contributed by atoms with van der Waals surface area (Å²) < 4.78 is 22.7. The lowest BCUT2D eigenvalue weighted by Crippen LogP contribution is -2.54. The highest BCUT2D eigenvalue weighted by atomic mass is 32.1. The van der Waals surface area contributed by atoms with Gasteiger partial charge in [0.1, 0.15) is 16.8 Å². The maximum Gasteiger partial charge on any atom is 0.258 e. The Balaban J connectivity index is 0.811. The van der Waals surface area contributed by atoms with Gasteiger partial charge < -0.3 is 31.1 Å². The molecule has 71 heavy (non-hydrogen) atoms. The molecule has 4 atom stereocenters. The van der Waals surface area contributed by atoms with Crippen LogP contribution in [0.15, 0.2) is 60.4 Å². The van der Waals surface area contributed by atoms with E-state index in [4.69, 9.17) is 9.72 Å². The van der Waals surface area contributed by atoms with E-state index in [0.717, 1.165) is 74.3 Å². The average Bonchev–Trinajstić information content (AvgIpc) is 3.84. The second-order valence-electron chi connectivity index (χ2n) is 19.9. The molecule has 5 aromatic heterocycles. The van der Waals surface area contributed by atoms with Crippen molar-refractivity contribution in [1.82, 2.24) is 45.7 Å². The number of nitrogens with zero attached hydrogens (tertiary/aromatic N) is 7. The fourth-order valence-corrected chi connectivity index (χ4v) is 11.5. The van der Waals surface area contributed by atoms with Crippen molar-refractivity contribution in [1.29, 1.82) is 5.26 Å². The van der Waals surface area contributed by atoms with Gasteiger partial charge in [0.15, 0.2) is 23.1 Å². The Bertz CT molecular complexity index is 3040. The number of hydrogen-bond donors (Lipinski definition) is 5. The van der Waals surface area contributed by atoms with Crippen molar-refractivity contribution in [3.8, 4) is 44.2 Å². The number of rotatable bonds is 16. The Morgan fingerprint density at radius 2 is 1.79 bits per heavy atom. The molecule has 0 bridgehead atoms. The van der Waals surface area contributed by atoms with Gasteiger partial charge in [0.25, 0.3) is 11.8 Å². The van der Waals surface area contributed by atoms with Crippen molar-refractivity contribution < 1.29 is 33.4 Å². The predicted molar refractivity (Wildman–Crippen MR) is 266 cm³/mol. The topological polar surface area (TPSA) is 239 Å². The zero-order chi connectivity index (χ0) is 50.2. The number of aliphatic hydroxyl groups excluding tert-OH is 1. The molecular formula is C51H56FN11O6S2. The van der Waals surface area contributed by atoms with Crippen molar-refractivity contribution in [2.75, 3.05) is 19.0 Å². The van der Waals surface area contributed by atoms with Crippen LogP contribution in [0.4, 0.5) is 10.1 Å². The average molecular weight is 1000 g/mol. The first-order valence-corrected chi connectivity index (χ1v) is 25.6. The van der Waals surface area contributed by atoms with Crippen LogP contribution >= 0.6 is 22.7 Å². The molecule has 5 N–H and O–H groups in total. The van der Waals surface area contributed by atoms with Gasteiger partial charge in [0, 0.05) is 48.9 Å². The van der Waals surface area contributed by atoms with Crippen LogP contribution in [0.5, 0.6) is 5.75 Å². The van der Waals surface area contributed by atoms with Crippen LogP contribution in [0.1, 0.15) is 99.9 Å². The third kappa shape index (κ3) is 10.7. The van der Waals surface area contributed by atoms with E-state index < -0.39 is 52.7 Å². The number of pyridine rings is 1. The number of alkyl halides is 1. The van der Waals surface area contributed by atoms with Crippen molar-refractivity contribution in [2.45, 2.75) is 115 Å². The van der Waals surface area contributed by atoms with Crippen molar-refractivity contribution in [2.24, 2.45) is 17.3 Å². The molecule has 6 aromatic rings. The Kier molecular flexibility index (Phi) is 14.0. The third-order valence-electron chi connectivity index (χ3n) is 13.8. The van der Waals surface area contributed by atoms with Gasteiger partial charge in [-0.05, 0) is 99.6 Å². The third-order valence-corrected chi connectivity index (χ3v) is 15.9. The van der Waals surface area contributed by atoms with Crippen LogP contribution in [-0.2, 0) is 25.7 Å². The molecule has 3 aliphatic rings. The highest BCUT2D eigenvalue weighted by Gasteiger charge is 2.54. The van der Waals surface area contributed by atoms with E-state index in [1.54, 1.807) is 43.1 Å². The van der Waals surface area contributed by atoms with Gasteiger partial charge in [0.2, 0.25) is 5.91 Å². The van der Waals surface area contributed by atoms with Gasteiger partial charge in [-0.1, -0.05) is 44.2 Å². The summed E-state index contributed by atoms with van der Waals surface area (Å²) in [5.41, 5.74) is 5.73. The van der Waals surface area contributed by atoms with Gasteiger partial charge in [-0.2, -0.15) is 10.4 Å². The standard InChI is InChI=1S/C51H56FN11O6S2/c1-27-44(70-26-57-27)30-6-7-31(23-56-46(67)36-19-34(64)18-35(36)43(66)45(50(2,3)4)60-49(68)51(52)14-15-51)41(17-30)69-25-42(65)59-32-10-8-29(9-11-32)47-61-62-48(71-47)37-24-55-39(20-38(37)54-5)40-13-12-33-16-28(21-53)22-58-63(33)40/h6-7,12-13,16-17,20,22,24,26,29,32,34-36,45,64H,8-11,14-15,18-19,23,25H2,1-5H3,(H,54,55)(H,56,67)(H,59,65)(H,60,68)/t29?,32?,34-,35?,36+,45+/m0/s1. The van der Waals surface area contributed by atoms with Crippen LogP contribution in [-0.4, -0.2) is 95.9 Å². The summed E-state index contributed by atoms with van der Waals surface area (Å²) >= 11 is 3.01. The van der Waals surface area contributed by atoms with Crippen LogP contribution in [0.2, 0.25) is 0 Å². The number of carbonyl (C=O) groups excluding carboxylic acids is 4. The molecule has 0 aliphatic heterocycles. The minimum Gasteiger partial charge on any atom is -0.483 e. The second-order valence-corrected chi connectivity index (χ2v) is 21.8. The van der Waals surface area contributed by atoms with E-state index in [1.807, 2.05) is 50.4 Å². The van der Waals surface area contributed by atoms with Gasteiger partial charge >= 0.3 is 0 Å². The molecule has 0 saturated heterocycles. The highest BCUT2D eigenvalue weighted by molar-refractivity contribution is 7.14. The Hall–Kier alpha value is -6.69. The lowest BCUT2D eigenvalue weighted by molar-refractivity contribution is -0.138. The maximum atomic E-state index is 14.7. The summed E-state index contributed by atoms with van der Waals surface area (Å²) in [6.45, 7) is 6.98. The number of aryl methyl sites for hydroxylation is 1. The minimum atomic E-state index is -1.98. The monoisotopic (exact) mass is 1000 g/mol. The normalized spacial score (nSPS) is 21.0. The molecule has 3 saturated carbocycles. The number of nitrogens with one attached hydrogen (secondary N) is 4. The number of aromatic nitrogens is 6. The summed E-state index contributed by atoms with van der Waals surface area (Å²) in [6.07, 6.45) is 5.83. The molecule has 370 valence electrons. The predicted octanol–water partition coefficient (Wildman–Crippen LogP) is 7.09. The van der Waals surface area contributed by atoms with E-state index in [-0.39, 0.29) is 56.7 Å². The number of hydrogen-bond acceptors (Lipinski definition) is 15. The SMILES string of the molecule is CNc1cc(-c2ccc3cc(C#N)cnn23)ncc1-c1nnc(C2CCC(NC(=O)COc3cc(-c4scnc4C)ccc3CNC(=O)[C@@H]3C[C@@H](O)CC3C(=O)[C@@H](NC(=O)C3(F)CC3)C(C)(C)C)CC2)s1. The lowest BCUT2D eigenvalue weighted by Gasteiger charge is -2.33. The number of aliphatic hydroxyl groups is 1. The first-order chi connectivity index (χ1) is 34.0. The number of carbonyl (C=O) groups is 4. The van der Waals surface area contributed by atoms with E-state index in [9.17, 15) is 33.9 Å². The molecule has 1 aromatic carbocycles. The van der Waals surface area contributed by atoms with Crippen molar-refractivity contribution in [3.05, 3.63) is 82.2 Å². The number of nitriles is 1. The summed E-state index contributed by atoms with van der Waals surface area (Å²) in [6, 6.07) is 14.1. The first kappa shape index (κ1) is 49.3. The number of ketones is 1. The Morgan fingerprint density at radius 3 is 2.49 bits per heavy atom. The van der Waals surface area contributed by atoms with Crippen LogP contribution < -0.4 is 26.0 Å². The first-order valence-electron chi connectivity index (χ1n) is 23.9. The molecular weight excluding hydrogens is 946 g/mol. The molecule has 0 spiro atoms. The second kappa shape index (κ2) is 20.2. The Morgan fingerprint density at radius 1 is 1.01 bits per heavy atom. The number of amides is 3. The number of thiazole rings is 1. The smallest absolute Gasteiger partial charge is 0.258 e. The summed E-state index contributed by atoms with van der Waals surface area (Å²) in [4.78, 5) is 64.2. The number of ether oxygens (including phenoxy) is 1. The zero-order valence-electron chi connectivity index (χ0n) is 40.1. The van der Waals surface area contributed by atoms with Gasteiger partial charge in [-0.3, -0.25) is 24.2 Å². The van der Waals surface area contributed by atoms with Gasteiger partial charge in [-0.25, -0.2) is 13.9 Å². The van der Waals surface area contributed by atoms with Crippen LogP contribution in [0, 0.1) is 35.5 Å². The number of benzene rings is 1. The Labute approximate surface area is 418 Å². The molecule has 0 radical (unpaired) electrons. The van der Waals surface area contributed by atoms with Crippen LogP contribution in [0.25, 0.3) is 37.9 Å². The molecule has 20 heteroatoms. The van der Waals surface area contributed by atoms with E-state index in [1.165, 1.54) is 28.9 Å². The molecule has 17 nitrogen and oxygen atoms in total. The number of Topliss-reactive ketones (excluding diaryl/α,β-unsaturated/α-hetero) is 1. The van der Waals surface area contributed by atoms with Crippen molar-refractivity contribution in [3.63, 3.8) is 0 Å². The van der Waals surface area contributed by atoms with Crippen molar-refractivity contribution >= 4 is 57.4 Å². The lowest BCUT2D eigenvalue weighted by atomic mass is 9.77. The molecule has 1 unspecified atom stereocenters. The largest absolute Gasteiger partial charge is 0.483 e. The summed E-state index contributed by atoms with van der Waals surface area (Å²) in [7, 11) is 1.85. The number of halogens is 1. The molecule has 3 aliphatic carbocycles. The van der Waals surface area contributed by atoms with E-state index >= 15 is 0 Å². The fraction of sp³-hybridized carbons (Fsp3) is 0.451. The maximum absolute atomic E-state index is 14.7. The molecule has 3 fully saturated rings. The number of anilines is 1. The zero-order valence-corrected chi connectivity index (χ0v) is 41.8. The summed E-state index contributed by atoms with van der Waals surface area (Å²) in [5, 5.41) is 47.2. The minimum absolute atomic E-state index is 0.0130. The van der Waals surface area contributed by atoms with E-state index in [2.05, 4.69) is 47.6 Å². The highest BCUT2D eigenvalue weighted by Crippen LogP contribution is 2.43. The van der Waals surface area contributed by atoms with Gasteiger partial charge in [0.05, 0.1) is 68.4 Å². The fourth-order valence-electron chi connectivity index (χ4n) is 9.64. The molecule has 5 heterocycles. The quantitative estimate of drug-likeness (QED) is 0.0652. The van der Waals surface area contributed by atoms with E-state index in [0.29, 0.717) is 22.6 Å².